The molecule has 0 spiro atoms. The monoisotopic (exact) mass is 614 g/mol. The summed E-state index contributed by atoms with van der Waals surface area (Å²) in [5.74, 6) is 0. The summed E-state index contributed by atoms with van der Waals surface area (Å²) in [5.41, 5.74) is 0.709. The van der Waals surface area contributed by atoms with Gasteiger partial charge in [-0.3, -0.25) is 0 Å². The average molecular weight is 615 g/mol. The van der Waals surface area contributed by atoms with E-state index in [0.29, 0.717) is 11.1 Å². The van der Waals surface area contributed by atoms with Gasteiger partial charge in [-0.1, -0.05) is 158 Å². The van der Waals surface area contributed by atoms with Crippen LogP contribution in [0.2, 0.25) is 0 Å². The summed E-state index contributed by atoms with van der Waals surface area (Å²) >= 11 is 0. The van der Waals surface area contributed by atoms with Gasteiger partial charge in [0.05, 0.1) is 13.7 Å². The third-order valence-corrected chi connectivity index (χ3v) is 9.91. The first kappa shape index (κ1) is 18.2. The van der Waals surface area contributed by atoms with Gasteiger partial charge in [-0.05, 0) is 121 Å². The summed E-state index contributed by atoms with van der Waals surface area (Å²) in [6, 6.07) is 31.3. The molecule has 0 aromatic heterocycles. The molecule has 0 unspecified atom stereocenters. The molecule has 0 bridgehead atoms. The molecule has 0 fully saturated rings. The molecule has 11 aromatic carbocycles. The Hall–Kier alpha value is -6.24. The van der Waals surface area contributed by atoms with Gasteiger partial charge in [0, 0.05) is 0 Å². The SMILES string of the molecule is [2H]c1c([2H])c(-c2ccc3ccc4cccc5ccc2c3c45)c([2H])c([2H])c1-c1c([2H])c(-c2ccc3ccc4cccc5ccc2c3c45)c2c([2H])c([2H])c([2H])c([2H])c2c1[2H]. The molecule has 0 heterocycles. The number of hydrogen-bond acceptors (Lipinski definition) is 0. The summed E-state index contributed by atoms with van der Waals surface area (Å²) < 4.78 is 92.7. The van der Waals surface area contributed by atoms with E-state index >= 15 is 0 Å². The van der Waals surface area contributed by atoms with Crippen molar-refractivity contribution in [3.8, 4) is 33.4 Å². The Morgan fingerprint density at radius 2 is 0.771 bits per heavy atom. The highest BCUT2D eigenvalue weighted by atomic mass is 14.2. The minimum absolute atomic E-state index is 0.0136. The first-order valence-corrected chi connectivity index (χ1v) is 16.0. The molecule has 0 amide bonds. The topological polar surface area (TPSA) is 0 Å². The molecule has 0 N–H and O–H groups in total. The smallest absolute Gasteiger partial charge is 0.0616 e. The zero-order valence-corrected chi connectivity index (χ0v) is 25.4. The summed E-state index contributed by atoms with van der Waals surface area (Å²) in [6.07, 6.45) is 0. The van der Waals surface area contributed by atoms with Crippen LogP contribution in [0, 0.1) is 0 Å². The number of rotatable bonds is 3. The molecule has 0 nitrogen and oxygen atoms in total. The second-order valence-electron chi connectivity index (χ2n) is 12.4. The molecule has 11 rings (SSSR count). The molecule has 0 saturated heterocycles. The molecule has 0 saturated carbocycles. The van der Waals surface area contributed by atoms with E-state index in [1.165, 1.54) is 0 Å². The van der Waals surface area contributed by atoms with Crippen LogP contribution in [0.1, 0.15) is 13.7 Å². The Balaban J connectivity index is 1.25. The van der Waals surface area contributed by atoms with Crippen molar-refractivity contribution in [3.05, 3.63) is 170 Å². The van der Waals surface area contributed by atoms with E-state index in [4.69, 9.17) is 5.48 Å². The Bertz CT molecular complexity index is 3570. The van der Waals surface area contributed by atoms with E-state index in [1.54, 1.807) is 0 Å². The van der Waals surface area contributed by atoms with Crippen molar-refractivity contribution < 1.29 is 13.7 Å². The molecular weight excluding hydrogens is 577 g/mol. The normalized spacial score (nSPS) is 15.1. The third-order valence-electron chi connectivity index (χ3n) is 9.91. The predicted molar refractivity (Wildman–Crippen MR) is 208 cm³/mol. The molecule has 0 aliphatic heterocycles. The van der Waals surface area contributed by atoms with Crippen LogP contribution < -0.4 is 0 Å². The zero-order valence-electron chi connectivity index (χ0n) is 35.4. The fourth-order valence-corrected chi connectivity index (χ4v) is 7.74. The minimum Gasteiger partial charge on any atom is -0.0616 e. The molecule has 0 heteroatoms. The van der Waals surface area contributed by atoms with Gasteiger partial charge in [-0.15, -0.1) is 0 Å². The highest BCUT2D eigenvalue weighted by Gasteiger charge is 2.16. The Kier molecular flexibility index (Phi) is 3.65. The van der Waals surface area contributed by atoms with Crippen LogP contribution in [0.4, 0.5) is 0 Å². The van der Waals surface area contributed by atoms with Crippen molar-refractivity contribution in [1.82, 2.24) is 0 Å². The zero-order chi connectivity index (χ0) is 40.0. The van der Waals surface area contributed by atoms with Gasteiger partial charge >= 0.3 is 0 Å². The average Bonchev–Trinajstić information content (AvgIpc) is 3.24. The van der Waals surface area contributed by atoms with E-state index in [1.807, 2.05) is 103 Å². The van der Waals surface area contributed by atoms with Crippen LogP contribution in [0.5, 0.6) is 0 Å². The maximum Gasteiger partial charge on any atom is 0.0636 e. The summed E-state index contributed by atoms with van der Waals surface area (Å²) in [5, 5.41) is 11.3. The second kappa shape index (κ2) is 9.64. The van der Waals surface area contributed by atoms with E-state index < -0.39 is 42.3 Å². The van der Waals surface area contributed by atoms with Crippen molar-refractivity contribution in [3.63, 3.8) is 0 Å². The van der Waals surface area contributed by atoms with Crippen molar-refractivity contribution in [2.45, 2.75) is 0 Å². The van der Waals surface area contributed by atoms with Crippen LogP contribution in [0.25, 0.3) is 109 Å². The standard InChI is InChI=1S/C48H28/c1-2-10-39-37(5-1)27-38(28-44(39)41-24-20-36-18-16-32-7-4-9-34-22-26-43(41)48(36)46(32)34)29-11-13-30(14-12-29)40-23-19-35-17-15-31-6-3-8-33-21-25-42(40)47(35)45(31)33/h1-28H/i1D,2D,5D,10D,11D,12D,13D,14D,27D,28D. The van der Waals surface area contributed by atoms with Crippen molar-refractivity contribution in [2.24, 2.45) is 0 Å². The van der Waals surface area contributed by atoms with Crippen molar-refractivity contribution >= 4 is 75.4 Å². The number of fused-ring (bicyclic) bond motifs is 1. The lowest BCUT2D eigenvalue weighted by Gasteiger charge is -2.17. The number of benzene rings is 11. The fraction of sp³-hybridized carbons (Fsp3) is 0. The molecule has 0 radical (unpaired) electrons. The quantitative estimate of drug-likeness (QED) is 0.174. The lowest BCUT2D eigenvalue weighted by atomic mass is 9.87. The molecule has 0 aliphatic rings. The van der Waals surface area contributed by atoms with E-state index in [0.717, 1.165) is 64.6 Å². The second-order valence-corrected chi connectivity index (χ2v) is 12.4. The molecule has 48 heavy (non-hydrogen) atoms. The van der Waals surface area contributed by atoms with E-state index in [-0.39, 0.29) is 51.2 Å². The van der Waals surface area contributed by atoms with E-state index in [9.17, 15) is 8.22 Å². The van der Waals surface area contributed by atoms with Gasteiger partial charge in [0.1, 0.15) is 0 Å². The first-order valence-electron chi connectivity index (χ1n) is 21.0. The molecule has 220 valence electrons. The minimum atomic E-state index is -0.556. The highest BCUT2D eigenvalue weighted by Crippen LogP contribution is 2.43. The largest absolute Gasteiger partial charge is 0.0636 e. The van der Waals surface area contributed by atoms with Gasteiger partial charge in [-0.2, -0.15) is 0 Å². The van der Waals surface area contributed by atoms with Gasteiger partial charge in [0.15, 0.2) is 0 Å². The van der Waals surface area contributed by atoms with Gasteiger partial charge in [0.25, 0.3) is 0 Å². The van der Waals surface area contributed by atoms with Crippen molar-refractivity contribution in [2.75, 3.05) is 0 Å². The molecule has 11 aromatic rings. The maximum absolute atomic E-state index is 9.89. The Morgan fingerprint density at radius 1 is 0.292 bits per heavy atom. The summed E-state index contributed by atoms with van der Waals surface area (Å²) in [7, 11) is 0. The van der Waals surface area contributed by atoms with Crippen LogP contribution in [0.3, 0.4) is 0 Å². The molecule has 0 aliphatic carbocycles. The lowest BCUT2D eigenvalue weighted by Crippen LogP contribution is -1.90. The van der Waals surface area contributed by atoms with Crippen LogP contribution >= 0.6 is 0 Å². The van der Waals surface area contributed by atoms with Crippen LogP contribution in [-0.2, 0) is 0 Å². The van der Waals surface area contributed by atoms with Crippen LogP contribution in [0.15, 0.2) is 170 Å². The third kappa shape index (κ3) is 3.60. The van der Waals surface area contributed by atoms with Crippen molar-refractivity contribution in [1.29, 1.82) is 0 Å². The highest BCUT2D eigenvalue weighted by molar-refractivity contribution is 6.27. The molecular formula is C48H28. The fourth-order valence-electron chi connectivity index (χ4n) is 7.74. The first-order chi connectivity index (χ1) is 28.0. The van der Waals surface area contributed by atoms with E-state index in [2.05, 4.69) is 6.07 Å². The molecule has 0 atom stereocenters. The predicted octanol–water partition coefficient (Wildman–Crippen LogP) is 13.6. The lowest BCUT2D eigenvalue weighted by molar-refractivity contribution is 1.62. The Labute approximate surface area is 291 Å². The van der Waals surface area contributed by atoms with Gasteiger partial charge < -0.3 is 0 Å². The summed E-state index contributed by atoms with van der Waals surface area (Å²) in [4.78, 5) is 0. The van der Waals surface area contributed by atoms with Gasteiger partial charge in [0.2, 0.25) is 0 Å². The van der Waals surface area contributed by atoms with Gasteiger partial charge in [-0.25, -0.2) is 0 Å². The summed E-state index contributed by atoms with van der Waals surface area (Å²) in [6.45, 7) is 0. The maximum atomic E-state index is 9.89. The Morgan fingerprint density at radius 3 is 1.40 bits per heavy atom. The number of hydrogen-bond donors (Lipinski definition) is 0. The van der Waals surface area contributed by atoms with Crippen LogP contribution in [-0.4, -0.2) is 0 Å².